The van der Waals surface area contributed by atoms with Crippen molar-refractivity contribution in [2.75, 3.05) is 0 Å². The summed E-state index contributed by atoms with van der Waals surface area (Å²) < 4.78 is 50.7. The van der Waals surface area contributed by atoms with Crippen LogP contribution in [0.4, 0.5) is 0 Å². The van der Waals surface area contributed by atoms with Crippen molar-refractivity contribution < 1.29 is 11.3 Å². The smallest absolute Gasteiger partial charge is 0.164 e. The molecule has 8 aromatic carbocycles. The second-order valence-electron chi connectivity index (χ2n) is 13.7. The fourth-order valence-corrected chi connectivity index (χ4v) is 7.75. The molecule has 5 nitrogen and oxygen atoms in total. The van der Waals surface area contributed by atoms with Crippen molar-refractivity contribution in [2.24, 2.45) is 0 Å². The third kappa shape index (κ3) is 5.37. The maximum atomic E-state index is 8.78. The van der Waals surface area contributed by atoms with E-state index in [1.807, 2.05) is 127 Å². The van der Waals surface area contributed by atoms with E-state index in [0.29, 0.717) is 23.1 Å². The van der Waals surface area contributed by atoms with Gasteiger partial charge in [-0.25, -0.2) is 15.0 Å². The van der Waals surface area contributed by atoms with Gasteiger partial charge in [0.05, 0.1) is 17.9 Å². The Hall–Kier alpha value is -7.63. The number of hydrogen-bond acceptors (Lipinski definition) is 4. The van der Waals surface area contributed by atoms with Gasteiger partial charge in [-0.3, -0.25) is 0 Å². The van der Waals surface area contributed by atoms with Crippen molar-refractivity contribution in [3.63, 3.8) is 0 Å². The molecule has 0 saturated heterocycles. The van der Waals surface area contributed by atoms with Crippen LogP contribution in [0, 0.1) is 0 Å². The summed E-state index contributed by atoms with van der Waals surface area (Å²) in [5.74, 6) is 1.64. The molecule has 3 aromatic heterocycles. The maximum Gasteiger partial charge on any atom is 0.164 e. The second-order valence-corrected chi connectivity index (χ2v) is 13.7. The Morgan fingerprint density at radius 3 is 1.84 bits per heavy atom. The van der Waals surface area contributed by atoms with Crippen LogP contribution in [0.3, 0.4) is 0 Å². The lowest BCUT2D eigenvalue weighted by molar-refractivity contribution is 0.669. The Kier molecular flexibility index (Phi) is 6.29. The Morgan fingerprint density at radius 1 is 0.411 bits per heavy atom. The summed E-state index contributed by atoms with van der Waals surface area (Å²) >= 11 is 0. The molecule has 3 heterocycles. The lowest BCUT2D eigenvalue weighted by atomic mass is 9.99. The number of benzene rings is 8. The van der Waals surface area contributed by atoms with E-state index in [1.165, 1.54) is 0 Å². The summed E-state index contributed by atoms with van der Waals surface area (Å²) in [5, 5.41) is 3.57. The number of furan rings is 1. The van der Waals surface area contributed by atoms with E-state index in [2.05, 4.69) is 36.4 Å². The first-order valence-corrected chi connectivity index (χ1v) is 18.4. The zero-order valence-corrected chi connectivity index (χ0v) is 29.8. The van der Waals surface area contributed by atoms with E-state index >= 15 is 0 Å². The number of hydrogen-bond donors (Lipinski definition) is 0. The third-order valence-corrected chi connectivity index (χ3v) is 10.3. The van der Waals surface area contributed by atoms with Crippen LogP contribution in [0.5, 0.6) is 0 Å². The molecule has 56 heavy (non-hydrogen) atoms. The Morgan fingerprint density at radius 2 is 1.02 bits per heavy atom. The Bertz CT molecular complexity index is 3520. The van der Waals surface area contributed by atoms with Crippen molar-refractivity contribution in [3.8, 4) is 62.1 Å². The van der Waals surface area contributed by atoms with Crippen LogP contribution in [-0.4, -0.2) is 19.5 Å². The molecule has 0 unspecified atom stereocenters. The zero-order valence-electron chi connectivity index (χ0n) is 34.8. The van der Waals surface area contributed by atoms with Gasteiger partial charge in [-0.1, -0.05) is 139 Å². The molecule has 0 saturated carbocycles. The molecule has 0 aliphatic heterocycles. The van der Waals surface area contributed by atoms with E-state index in [4.69, 9.17) is 26.2 Å². The largest absolute Gasteiger partial charge is 0.456 e. The Labute approximate surface area is 329 Å². The standard InChI is InChI=1S/C51H32N4O/c1-4-14-33(15-5-1)35-18-12-19-38(30-35)50-52-49(34-16-6-2-7-17-34)53-51(54-50)41-23-13-25-47-48(41)43-32-37(27-29-46(43)56-47)36-26-28-45-42(31-36)40-22-10-11-24-44(40)55(45)39-20-8-3-9-21-39/h1-32H/i3D,8D,9D,20D,21D. The van der Waals surface area contributed by atoms with Gasteiger partial charge >= 0.3 is 0 Å². The van der Waals surface area contributed by atoms with Gasteiger partial charge in [0.25, 0.3) is 0 Å². The van der Waals surface area contributed by atoms with Gasteiger partial charge in [0, 0.05) is 43.9 Å². The van der Waals surface area contributed by atoms with Crippen LogP contribution in [0.25, 0.3) is 106 Å². The van der Waals surface area contributed by atoms with E-state index in [9.17, 15) is 0 Å². The highest BCUT2D eigenvalue weighted by atomic mass is 16.3. The van der Waals surface area contributed by atoms with Gasteiger partial charge in [-0.05, 0) is 76.8 Å². The van der Waals surface area contributed by atoms with Gasteiger partial charge in [-0.15, -0.1) is 0 Å². The number of nitrogens with zero attached hydrogens (tertiary/aromatic N) is 4. The summed E-state index contributed by atoms with van der Waals surface area (Å²) in [7, 11) is 0. The number of aromatic nitrogens is 4. The van der Waals surface area contributed by atoms with Crippen molar-refractivity contribution in [1.29, 1.82) is 0 Å². The molecule has 0 spiro atoms. The normalized spacial score (nSPS) is 12.8. The number of para-hydroxylation sites is 2. The molecule has 0 aliphatic carbocycles. The average molecular weight is 722 g/mol. The molecule has 0 fully saturated rings. The lowest BCUT2D eigenvalue weighted by Crippen LogP contribution is -2.00. The molecule has 0 atom stereocenters. The molecule has 11 aromatic rings. The summed E-state index contributed by atoms with van der Waals surface area (Å²) in [6, 6.07) is 52.7. The van der Waals surface area contributed by atoms with E-state index < -0.39 is 6.04 Å². The summed E-state index contributed by atoms with van der Waals surface area (Å²) in [6.45, 7) is 0. The van der Waals surface area contributed by atoms with Crippen LogP contribution in [-0.2, 0) is 0 Å². The highest BCUT2D eigenvalue weighted by Crippen LogP contribution is 2.40. The van der Waals surface area contributed by atoms with Crippen LogP contribution in [0.2, 0.25) is 0 Å². The van der Waals surface area contributed by atoms with Crippen molar-refractivity contribution in [1.82, 2.24) is 19.5 Å². The van der Waals surface area contributed by atoms with Crippen LogP contribution < -0.4 is 0 Å². The fraction of sp³-hybridized carbons (Fsp3) is 0. The molecule has 0 bridgehead atoms. The fourth-order valence-electron chi connectivity index (χ4n) is 7.75. The third-order valence-electron chi connectivity index (χ3n) is 10.3. The average Bonchev–Trinajstić information content (AvgIpc) is 3.86. The highest BCUT2D eigenvalue weighted by molar-refractivity contribution is 6.14. The van der Waals surface area contributed by atoms with Crippen molar-refractivity contribution in [3.05, 3.63) is 194 Å². The summed E-state index contributed by atoms with van der Waals surface area (Å²) in [4.78, 5) is 15.2. The van der Waals surface area contributed by atoms with E-state index in [1.54, 1.807) is 4.57 Å². The first-order valence-electron chi connectivity index (χ1n) is 20.9. The van der Waals surface area contributed by atoms with Crippen LogP contribution >= 0.6 is 0 Å². The van der Waals surface area contributed by atoms with Crippen LogP contribution in [0.1, 0.15) is 6.85 Å². The molecule has 5 heteroatoms. The van der Waals surface area contributed by atoms with Gasteiger partial charge < -0.3 is 8.98 Å². The predicted octanol–water partition coefficient (Wildman–Crippen LogP) is 13.2. The van der Waals surface area contributed by atoms with Gasteiger partial charge in [0.15, 0.2) is 17.5 Å². The van der Waals surface area contributed by atoms with Crippen molar-refractivity contribution >= 4 is 43.7 Å². The molecular weight excluding hydrogens is 685 g/mol. The first kappa shape index (κ1) is 27.0. The minimum absolute atomic E-state index is 0.115. The van der Waals surface area contributed by atoms with Crippen molar-refractivity contribution in [2.45, 2.75) is 0 Å². The molecule has 0 radical (unpaired) electrons. The van der Waals surface area contributed by atoms with Gasteiger partial charge in [0.2, 0.25) is 0 Å². The number of rotatable bonds is 6. The molecule has 0 amide bonds. The SMILES string of the molecule is [2H]c1c([2H])c([2H])c(-n2c3ccccc3c3cc(-c4ccc5oc6cccc(-c7nc(-c8ccccc8)nc(-c8cccc(-c9ccccc9)c8)n7)c6c5c4)ccc32)c([2H])c1[2H]. The highest BCUT2D eigenvalue weighted by Gasteiger charge is 2.19. The summed E-state index contributed by atoms with van der Waals surface area (Å²) in [5.41, 5.74) is 9.63. The van der Waals surface area contributed by atoms with Gasteiger partial charge in [0.1, 0.15) is 11.2 Å². The van der Waals surface area contributed by atoms with E-state index in [-0.39, 0.29) is 29.9 Å². The zero-order chi connectivity index (χ0) is 41.4. The molecular formula is C51H32N4O. The topological polar surface area (TPSA) is 56.7 Å². The quantitative estimate of drug-likeness (QED) is 0.172. The Balaban J connectivity index is 1.08. The molecule has 11 rings (SSSR count). The lowest BCUT2D eigenvalue weighted by Gasteiger charge is -2.10. The minimum atomic E-state index is -0.423. The molecule has 262 valence electrons. The molecule has 0 aliphatic rings. The van der Waals surface area contributed by atoms with Gasteiger partial charge in [-0.2, -0.15) is 0 Å². The minimum Gasteiger partial charge on any atom is -0.456 e. The van der Waals surface area contributed by atoms with E-state index in [0.717, 1.165) is 77.1 Å². The monoisotopic (exact) mass is 721 g/mol. The second kappa shape index (κ2) is 13.0. The first-order chi connectivity index (χ1) is 29.8. The molecule has 0 N–H and O–H groups in total. The number of fused-ring (bicyclic) bond motifs is 6. The predicted molar refractivity (Wildman–Crippen MR) is 229 cm³/mol. The summed E-state index contributed by atoms with van der Waals surface area (Å²) in [6.07, 6.45) is 0. The maximum absolute atomic E-state index is 8.78. The van der Waals surface area contributed by atoms with Crippen LogP contribution in [0.15, 0.2) is 198 Å².